The van der Waals surface area contributed by atoms with Crippen LogP contribution in [0.2, 0.25) is 0 Å². The average Bonchev–Trinajstić information content (AvgIpc) is 2.85. The van der Waals surface area contributed by atoms with Gasteiger partial charge >= 0.3 is 0 Å². The lowest BCUT2D eigenvalue weighted by molar-refractivity contribution is -0.0487. The molecule has 2 aliphatic heterocycles. The second kappa shape index (κ2) is 5.89. The highest BCUT2D eigenvalue weighted by atomic mass is 16.5. The van der Waals surface area contributed by atoms with Gasteiger partial charge in [0.05, 0.1) is 12.7 Å². The first-order chi connectivity index (χ1) is 8.83. The maximum absolute atomic E-state index is 6.01. The van der Waals surface area contributed by atoms with E-state index >= 15 is 0 Å². The van der Waals surface area contributed by atoms with E-state index in [1.165, 1.54) is 45.1 Å². The summed E-state index contributed by atoms with van der Waals surface area (Å²) in [6, 6.07) is 1.47. The normalized spacial score (nSPS) is 41.8. The fraction of sp³-hybridized carbons (Fsp3) is 1.00. The topological polar surface area (TPSA) is 24.5 Å². The average molecular weight is 252 g/mol. The molecular formula is C15H28N2O. The van der Waals surface area contributed by atoms with Crippen LogP contribution in [0, 0.1) is 5.92 Å². The first kappa shape index (κ1) is 12.9. The summed E-state index contributed by atoms with van der Waals surface area (Å²) >= 11 is 0. The van der Waals surface area contributed by atoms with Crippen molar-refractivity contribution in [1.29, 1.82) is 0 Å². The van der Waals surface area contributed by atoms with Crippen molar-refractivity contribution >= 4 is 0 Å². The molecule has 0 aromatic carbocycles. The number of nitrogens with zero attached hydrogens (tertiary/aromatic N) is 1. The molecule has 4 atom stereocenters. The molecule has 2 saturated heterocycles. The van der Waals surface area contributed by atoms with Crippen LogP contribution >= 0.6 is 0 Å². The quantitative estimate of drug-likeness (QED) is 0.831. The Morgan fingerprint density at radius 1 is 1.17 bits per heavy atom. The molecule has 3 aliphatic rings. The minimum Gasteiger partial charge on any atom is -0.374 e. The van der Waals surface area contributed by atoms with Crippen molar-refractivity contribution < 1.29 is 4.74 Å². The van der Waals surface area contributed by atoms with E-state index in [9.17, 15) is 0 Å². The van der Waals surface area contributed by atoms with Gasteiger partial charge in [-0.2, -0.15) is 0 Å². The van der Waals surface area contributed by atoms with Crippen molar-refractivity contribution in [3.8, 4) is 0 Å². The number of hydrogen-bond donors (Lipinski definition) is 1. The van der Waals surface area contributed by atoms with Gasteiger partial charge in [-0.3, -0.25) is 4.90 Å². The van der Waals surface area contributed by atoms with E-state index in [0.717, 1.165) is 37.7 Å². The van der Waals surface area contributed by atoms with Gasteiger partial charge in [-0.05, 0) is 38.1 Å². The Labute approximate surface area is 111 Å². The van der Waals surface area contributed by atoms with E-state index in [1.807, 2.05) is 0 Å². The van der Waals surface area contributed by atoms with Crippen molar-refractivity contribution in [2.75, 3.05) is 26.2 Å². The first-order valence-corrected chi connectivity index (χ1v) is 7.92. The van der Waals surface area contributed by atoms with Gasteiger partial charge in [-0.25, -0.2) is 0 Å². The Kier molecular flexibility index (Phi) is 4.22. The summed E-state index contributed by atoms with van der Waals surface area (Å²) in [6.45, 7) is 6.86. The van der Waals surface area contributed by atoms with Gasteiger partial charge in [0.2, 0.25) is 0 Å². The molecule has 1 aliphatic carbocycles. The van der Waals surface area contributed by atoms with Gasteiger partial charge in [0, 0.05) is 25.2 Å². The molecule has 18 heavy (non-hydrogen) atoms. The van der Waals surface area contributed by atoms with Gasteiger partial charge in [-0.1, -0.05) is 19.8 Å². The third-order valence-electron chi connectivity index (χ3n) is 5.18. The zero-order valence-corrected chi connectivity index (χ0v) is 11.7. The maximum atomic E-state index is 6.01. The summed E-state index contributed by atoms with van der Waals surface area (Å²) in [5.41, 5.74) is 0. The molecule has 0 bridgehead atoms. The molecule has 0 aromatic heterocycles. The summed E-state index contributed by atoms with van der Waals surface area (Å²) in [5.74, 6) is 0.849. The van der Waals surface area contributed by atoms with E-state index < -0.39 is 0 Å². The van der Waals surface area contributed by atoms with Gasteiger partial charge < -0.3 is 10.1 Å². The van der Waals surface area contributed by atoms with Crippen LogP contribution in [0.1, 0.15) is 45.4 Å². The SMILES string of the molecule is CC1CCCCC1NCC1CN2CCCC2CO1. The second-order valence-electron chi connectivity index (χ2n) is 6.52. The minimum absolute atomic E-state index is 0.425. The molecule has 1 saturated carbocycles. The lowest BCUT2D eigenvalue weighted by atomic mass is 9.86. The molecule has 4 unspecified atom stereocenters. The fourth-order valence-electron chi connectivity index (χ4n) is 3.91. The van der Waals surface area contributed by atoms with E-state index in [4.69, 9.17) is 4.74 Å². The van der Waals surface area contributed by atoms with Crippen LogP contribution in [0.25, 0.3) is 0 Å². The van der Waals surface area contributed by atoms with Crippen molar-refractivity contribution in [1.82, 2.24) is 10.2 Å². The molecule has 1 N–H and O–H groups in total. The third kappa shape index (κ3) is 2.89. The van der Waals surface area contributed by atoms with E-state index in [1.54, 1.807) is 0 Å². The van der Waals surface area contributed by atoms with Crippen LogP contribution in [-0.4, -0.2) is 49.3 Å². The zero-order chi connectivity index (χ0) is 12.4. The Balaban J connectivity index is 1.43. The molecule has 3 nitrogen and oxygen atoms in total. The lowest BCUT2D eigenvalue weighted by Gasteiger charge is -2.37. The molecule has 3 fully saturated rings. The summed E-state index contributed by atoms with van der Waals surface area (Å²) in [6.07, 6.45) is 8.73. The summed E-state index contributed by atoms with van der Waals surface area (Å²) in [4.78, 5) is 2.64. The van der Waals surface area contributed by atoms with Gasteiger partial charge in [0.15, 0.2) is 0 Å². The van der Waals surface area contributed by atoms with E-state index in [-0.39, 0.29) is 0 Å². The molecule has 2 heterocycles. The molecular weight excluding hydrogens is 224 g/mol. The maximum Gasteiger partial charge on any atom is 0.0827 e. The summed E-state index contributed by atoms with van der Waals surface area (Å²) in [5, 5.41) is 3.77. The standard InChI is InChI=1S/C15H28N2O/c1-12-5-2-3-7-15(12)16-9-14-10-17-8-4-6-13(17)11-18-14/h12-16H,2-11H2,1H3. The van der Waals surface area contributed by atoms with Crippen LogP contribution < -0.4 is 5.32 Å². The Hall–Kier alpha value is -0.120. The van der Waals surface area contributed by atoms with E-state index in [0.29, 0.717) is 6.10 Å². The van der Waals surface area contributed by atoms with Gasteiger partial charge in [-0.15, -0.1) is 0 Å². The number of hydrogen-bond acceptors (Lipinski definition) is 3. The summed E-state index contributed by atoms with van der Waals surface area (Å²) < 4.78 is 6.01. The molecule has 104 valence electrons. The zero-order valence-electron chi connectivity index (χ0n) is 11.7. The lowest BCUT2D eigenvalue weighted by Crippen LogP contribution is -2.51. The van der Waals surface area contributed by atoms with Crippen molar-refractivity contribution in [2.24, 2.45) is 5.92 Å². The highest BCUT2D eigenvalue weighted by Gasteiger charge is 2.32. The first-order valence-electron chi connectivity index (χ1n) is 7.92. The molecule has 3 rings (SSSR count). The minimum atomic E-state index is 0.425. The van der Waals surface area contributed by atoms with Gasteiger partial charge in [0.1, 0.15) is 0 Å². The van der Waals surface area contributed by atoms with Gasteiger partial charge in [0.25, 0.3) is 0 Å². The molecule has 0 amide bonds. The Morgan fingerprint density at radius 3 is 2.94 bits per heavy atom. The molecule has 0 radical (unpaired) electrons. The van der Waals surface area contributed by atoms with Crippen LogP contribution in [0.4, 0.5) is 0 Å². The predicted molar refractivity (Wildman–Crippen MR) is 73.8 cm³/mol. The fourth-order valence-corrected chi connectivity index (χ4v) is 3.91. The highest BCUT2D eigenvalue weighted by molar-refractivity contribution is 4.87. The van der Waals surface area contributed by atoms with Crippen LogP contribution in [0.15, 0.2) is 0 Å². The van der Waals surface area contributed by atoms with Crippen molar-refractivity contribution in [2.45, 2.75) is 63.6 Å². The second-order valence-corrected chi connectivity index (χ2v) is 6.52. The largest absolute Gasteiger partial charge is 0.374 e. The Morgan fingerprint density at radius 2 is 2.06 bits per heavy atom. The van der Waals surface area contributed by atoms with Crippen molar-refractivity contribution in [3.63, 3.8) is 0 Å². The third-order valence-corrected chi connectivity index (χ3v) is 5.18. The monoisotopic (exact) mass is 252 g/mol. The number of morpholine rings is 1. The number of ether oxygens (including phenoxy) is 1. The number of nitrogens with one attached hydrogen (secondary N) is 1. The van der Waals surface area contributed by atoms with E-state index in [2.05, 4.69) is 17.1 Å². The summed E-state index contributed by atoms with van der Waals surface area (Å²) in [7, 11) is 0. The smallest absolute Gasteiger partial charge is 0.0827 e. The van der Waals surface area contributed by atoms with Crippen LogP contribution in [-0.2, 0) is 4.74 Å². The molecule has 3 heteroatoms. The van der Waals surface area contributed by atoms with Crippen LogP contribution in [0.3, 0.4) is 0 Å². The Bertz CT molecular complexity index is 271. The highest BCUT2D eigenvalue weighted by Crippen LogP contribution is 2.25. The number of rotatable bonds is 3. The van der Waals surface area contributed by atoms with Crippen molar-refractivity contribution in [3.05, 3.63) is 0 Å². The van der Waals surface area contributed by atoms with Crippen LogP contribution in [0.5, 0.6) is 0 Å². The molecule has 0 aromatic rings. The molecule has 0 spiro atoms. The number of fused-ring (bicyclic) bond motifs is 1. The predicted octanol–water partition coefficient (Wildman–Crippen LogP) is 2.02.